The Labute approximate surface area is 227 Å². The summed E-state index contributed by atoms with van der Waals surface area (Å²) in [5.41, 5.74) is 9.24. The lowest BCUT2D eigenvalue weighted by Crippen LogP contribution is -2.07. The topological polar surface area (TPSA) is 132 Å². The van der Waals surface area contributed by atoms with E-state index in [1.54, 1.807) is 56.0 Å². The van der Waals surface area contributed by atoms with Gasteiger partial charge in [0.15, 0.2) is 0 Å². The molecule has 2 aromatic carbocycles. The summed E-state index contributed by atoms with van der Waals surface area (Å²) in [5, 5.41) is 12.2. The Bertz CT molecular complexity index is 1640. The van der Waals surface area contributed by atoms with Gasteiger partial charge in [-0.05, 0) is 67.9 Å². The first-order valence-electron chi connectivity index (χ1n) is 11.8. The Morgan fingerprint density at radius 2 is 1.82 bits per heavy atom. The first-order chi connectivity index (χ1) is 19.0. The van der Waals surface area contributed by atoms with Gasteiger partial charge in [-0.3, -0.25) is 4.98 Å². The first kappa shape index (κ1) is 27.8. The summed E-state index contributed by atoms with van der Waals surface area (Å²) >= 11 is 0. The molecule has 0 saturated carbocycles. The SMILES string of the molecule is Cc1ccc(C(=O)O)cc1Nc1nccc(-c2cccnc2)n1.Cc1cn(-c2cc(N)cc(C(F)(F)F)c2)cn1. The van der Waals surface area contributed by atoms with Gasteiger partial charge in [0.25, 0.3) is 0 Å². The first-order valence-corrected chi connectivity index (χ1v) is 11.8. The summed E-state index contributed by atoms with van der Waals surface area (Å²) < 4.78 is 39.3. The van der Waals surface area contributed by atoms with Crippen LogP contribution in [0.3, 0.4) is 0 Å². The van der Waals surface area contributed by atoms with Crippen molar-refractivity contribution >= 4 is 23.3 Å². The number of hydrogen-bond acceptors (Lipinski definition) is 7. The van der Waals surface area contributed by atoms with Gasteiger partial charge in [0.1, 0.15) is 0 Å². The smallest absolute Gasteiger partial charge is 0.416 e. The van der Waals surface area contributed by atoms with Crippen LogP contribution in [0.1, 0.15) is 27.2 Å². The number of carboxylic acids is 1. The van der Waals surface area contributed by atoms with Gasteiger partial charge < -0.3 is 20.7 Å². The lowest BCUT2D eigenvalue weighted by Gasteiger charge is -2.10. The molecule has 4 N–H and O–H groups in total. The van der Waals surface area contributed by atoms with Crippen LogP contribution < -0.4 is 11.1 Å². The molecule has 5 aromatic rings. The molecule has 5 rings (SSSR count). The highest BCUT2D eigenvalue weighted by atomic mass is 19.4. The number of pyridine rings is 1. The molecule has 12 heteroatoms. The van der Waals surface area contributed by atoms with Crippen molar-refractivity contribution in [3.05, 3.63) is 108 Å². The maximum Gasteiger partial charge on any atom is 0.416 e. The number of carbonyl (C=O) groups is 1. The molecule has 0 saturated heterocycles. The number of alkyl halides is 3. The fourth-order valence-electron chi connectivity index (χ4n) is 3.61. The van der Waals surface area contributed by atoms with E-state index in [1.807, 2.05) is 19.1 Å². The number of aryl methyl sites for hydroxylation is 2. The summed E-state index contributed by atoms with van der Waals surface area (Å²) in [6.45, 7) is 3.65. The number of anilines is 3. The fraction of sp³-hybridized carbons (Fsp3) is 0.107. The number of rotatable bonds is 5. The Hall–Kier alpha value is -5.26. The van der Waals surface area contributed by atoms with E-state index in [-0.39, 0.29) is 11.3 Å². The molecular weight excluding hydrogens is 523 g/mol. The number of halogens is 3. The lowest BCUT2D eigenvalue weighted by atomic mass is 10.1. The van der Waals surface area contributed by atoms with Gasteiger partial charge in [0, 0.05) is 47.4 Å². The van der Waals surface area contributed by atoms with Crippen molar-refractivity contribution in [2.24, 2.45) is 0 Å². The summed E-state index contributed by atoms with van der Waals surface area (Å²) in [6, 6.07) is 13.8. The van der Waals surface area contributed by atoms with Crippen LogP contribution in [0, 0.1) is 13.8 Å². The van der Waals surface area contributed by atoms with Crippen LogP contribution in [0.2, 0.25) is 0 Å². The maximum absolute atomic E-state index is 12.6. The number of aromatic carboxylic acids is 1. The number of nitrogen functional groups attached to an aromatic ring is 1. The summed E-state index contributed by atoms with van der Waals surface area (Å²) in [7, 11) is 0. The molecule has 0 radical (unpaired) electrons. The van der Waals surface area contributed by atoms with Gasteiger partial charge in [0.05, 0.1) is 28.8 Å². The molecule has 0 atom stereocenters. The average molecular weight is 548 g/mol. The van der Waals surface area contributed by atoms with Gasteiger partial charge >= 0.3 is 12.1 Å². The van der Waals surface area contributed by atoms with E-state index in [1.165, 1.54) is 17.0 Å². The molecule has 9 nitrogen and oxygen atoms in total. The monoisotopic (exact) mass is 547 g/mol. The Morgan fingerprint density at radius 3 is 2.48 bits per heavy atom. The predicted octanol–water partition coefficient (Wildman–Crippen LogP) is 6.07. The third-order valence-electron chi connectivity index (χ3n) is 5.62. The molecule has 204 valence electrons. The Morgan fingerprint density at radius 1 is 1.02 bits per heavy atom. The van der Waals surface area contributed by atoms with Crippen LogP contribution >= 0.6 is 0 Å². The van der Waals surface area contributed by atoms with Gasteiger partial charge in [-0.1, -0.05) is 6.07 Å². The van der Waals surface area contributed by atoms with Gasteiger partial charge in [0.2, 0.25) is 5.95 Å². The zero-order chi connectivity index (χ0) is 28.9. The largest absolute Gasteiger partial charge is 0.478 e. The predicted molar refractivity (Wildman–Crippen MR) is 144 cm³/mol. The van der Waals surface area contributed by atoms with E-state index in [0.717, 1.165) is 34.6 Å². The van der Waals surface area contributed by atoms with Crippen LogP contribution in [0.4, 0.5) is 30.5 Å². The second-order valence-corrected chi connectivity index (χ2v) is 8.70. The molecular formula is C28H24F3N7O2. The lowest BCUT2D eigenvalue weighted by molar-refractivity contribution is -0.137. The Balaban J connectivity index is 0.000000194. The number of nitrogens with zero attached hydrogens (tertiary/aromatic N) is 5. The molecule has 3 heterocycles. The molecule has 0 spiro atoms. The zero-order valence-electron chi connectivity index (χ0n) is 21.4. The number of nitrogens with one attached hydrogen (secondary N) is 1. The van der Waals surface area contributed by atoms with Crippen molar-refractivity contribution in [2.75, 3.05) is 11.1 Å². The second-order valence-electron chi connectivity index (χ2n) is 8.70. The molecule has 0 amide bonds. The highest BCUT2D eigenvalue weighted by Crippen LogP contribution is 2.32. The number of nitrogens with two attached hydrogens (primary N) is 1. The molecule has 0 unspecified atom stereocenters. The van der Waals surface area contributed by atoms with Crippen molar-refractivity contribution in [1.29, 1.82) is 0 Å². The second kappa shape index (κ2) is 11.6. The standard InChI is InChI=1S/C17H14N4O2.C11H10F3N3/c1-11-4-5-12(16(22)23)9-15(11)21-17-19-8-6-14(20-17)13-3-2-7-18-10-13;1-7-5-17(6-16-7)10-3-8(11(12,13)14)2-9(15)4-10/h2-10H,1H3,(H,22,23)(H,19,20,21);2-6H,15H2,1H3. The van der Waals surface area contributed by atoms with Crippen molar-refractivity contribution in [3.63, 3.8) is 0 Å². The minimum Gasteiger partial charge on any atom is -0.478 e. The number of imidazole rings is 1. The van der Waals surface area contributed by atoms with Crippen molar-refractivity contribution in [3.8, 4) is 16.9 Å². The molecule has 0 aliphatic rings. The van der Waals surface area contributed by atoms with Gasteiger partial charge in [-0.25, -0.2) is 19.7 Å². The van der Waals surface area contributed by atoms with Crippen molar-refractivity contribution in [1.82, 2.24) is 24.5 Å². The van der Waals surface area contributed by atoms with Crippen LogP contribution in [0.25, 0.3) is 16.9 Å². The van der Waals surface area contributed by atoms with Crippen molar-refractivity contribution in [2.45, 2.75) is 20.0 Å². The van der Waals surface area contributed by atoms with E-state index in [2.05, 4.69) is 25.3 Å². The highest BCUT2D eigenvalue weighted by molar-refractivity contribution is 5.89. The van der Waals surface area contributed by atoms with E-state index in [4.69, 9.17) is 10.8 Å². The molecule has 0 aliphatic heterocycles. The molecule has 0 aliphatic carbocycles. The normalized spacial score (nSPS) is 10.9. The van der Waals surface area contributed by atoms with Crippen LogP contribution in [0.15, 0.2) is 85.7 Å². The van der Waals surface area contributed by atoms with Crippen LogP contribution in [-0.4, -0.2) is 35.6 Å². The average Bonchev–Trinajstić information content (AvgIpc) is 3.36. The summed E-state index contributed by atoms with van der Waals surface area (Å²) in [6.07, 6.45) is 3.75. The van der Waals surface area contributed by atoms with Crippen LogP contribution in [-0.2, 0) is 6.18 Å². The number of carboxylic acid groups (broad SMARTS) is 1. The third-order valence-corrected chi connectivity index (χ3v) is 5.62. The number of aromatic nitrogens is 5. The number of hydrogen-bond donors (Lipinski definition) is 3. The van der Waals surface area contributed by atoms with Crippen molar-refractivity contribution < 1.29 is 23.1 Å². The fourth-order valence-corrected chi connectivity index (χ4v) is 3.61. The Kier molecular flexibility index (Phi) is 8.08. The molecule has 3 aromatic heterocycles. The maximum atomic E-state index is 12.6. The van der Waals surface area contributed by atoms with E-state index in [0.29, 0.717) is 17.3 Å². The van der Waals surface area contributed by atoms with Crippen LogP contribution in [0.5, 0.6) is 0 Å². The highest BCUT2D eigenvalue weighted by Gasteiger charge is 2.31. The molecule has 0 fully saturated rings. The number of benzene rings is 2. The summed E-state index contributed by atoms with van der Waals surface area (Å²) in [5.74, 6) is -0.574. The van der Waals surface area contributed by atoms with Gasteiger partial charge in [-0.15, -0.1) is 0 Å². The summed E-state index contributed by atoms with van der Waals surface area (Å²) in [4.78, 5) is 27.7. The van der Waals surface area contributed by atoms with E-state index >= 15 is 0 Å². The molecule has 40 heavy (non-hydrogen) atoms. The molecule has 0 bridgehead atoms. The van der Waals surface area contributed by atoms with E-state index in [9.17, 15) is 18.0 Å². The minimum atomic E-state index is -4.40. The van der Waals surface area contributed by atoms with E-state index < -0.39 is 17.7 Å². The zero-order valence-corrected chi connectivity index (χ0v) is 21.4. The third kappa shape index (κ3) is 6.98. The van der Waals surface area contributed by atoms with Gasteiger partial charge in [-0.2, -0.15) is 13.2 Å². The quantitative estimate of drug-likeness (QED) is 0.226. The minimum absolute atomic E-state index is 0.0705.